The summed E-state index contributed by atoms with van der Waals surface area (Å²) >= 11 is 0. The van der Waals surface area contributed by atoms with Crippen molar-refractivity contribution in [3.8, 4) is 0 Å². The smallest absolute Gasteiger partial charge is 0.0107 e. The van der Waals surface area contributed by atoms with Gasteiger partial charge in [-0.2, -0.15) is 0 Å². The van der Waals surface area contributed by atoms with Gasteiger partial charge in [0.15, 0.2) is 0 Å². The number of piperazine rings is 1. The third-order valence-electron chi connectivity index (χ3n) is 4.66. The summed E-state index contributed by atoms with van der Waals surface area (Å²) in [4.78, 5) is 2.70. The normalized spacial score (nSPS) is 16.9. The zero-order chi connectivity index (χ0) is 14.5. The van der Waals surface area contributed by atoms with Crippen molar-refractivity contribution in [2.24, 2.45) is 5.92 Å². The molecule has 2 heteroatoms. The molecular formula is C18H38N2. The minimum Gasteiger partial charge on any atom is -0.314 e. The molecule has 1 fully saturated rings. The summed E-state index contributed by atoms with van der Waals surface area (Å²) in [6.07, 6.45) is 14.3. The Balaban J connectivity index is 2.21. The van der Waals surface area contributed by atoms with Crippen molar-refractivity contribution >= 4 is 0 Å². The van der Waals surface area contributed by atoms with E-state index >= 15 is 0 Å². The quantitative estimate of drug-likeness (QED) is 0.532. The van der Waals surface area contributed by atoms with E-state index in [-0.39, 0.29) is 0 Å². The van der Waals surface area contributed by atoms with Crippen LogP contribution in [0.25, 0.3) is 0 Å². The molecule has 0 saturated carbocycles. The highest BCUT2D eigenvalue weighted by Gasteiger charge is 2.15. The molecule has 1 aliphatic heterocycles. The number of hydrogen-bond donors (Lipinski definition) is 1. The summed E-state index contributed by atoms with van der Waals surface area (Å²) < 4.78 is 0. The summed E-state index contributed by atoms with van der Waals surface area (Å²) in [5.41, 5.74) is 0. The maximum absolute atomic E-state index is 3.47. The summed E-state index contributed by atoms with van der Waals surface area (Å²) in [5.74, 6) is 0.960. The standard InChI is InChI=1S/C18H38N2/c1-3-5-7-9-11-18(12-10-8-6-4-2)17-20-15-13-19-14-16-20/h18-19H,3-17H2,1-2H3. The Labute approximate surface area is 127 Å². The molecule has 0 bridgehead atoms. The van der Waals surface area contributed by atoms with Gasteiger partial charge in [-0.25, -0.2) is 0 Å². The van der Waals surface area contributed by atoms with Crippen LogP contribution in [0.4, 0.5) is 0 Å². The van der Waals surface area contributed by atoms with Crippen molar-refractivity contribution in [2.45, 2.75) is 78.1 Å². The monoisotopic (exact) mass is 282 g/mol. The highest BCUT2D eigenvalue weighted by atomic mass is 15.2. The molecule has 0 amide bonds. The molecule has 1 N–H and O–H groups in total. The van der Waals surface area contributed by atoms with Crippen molar-refractivity contribution in [3.05, 3.63) is 0 Å². The Bertz CT molecular complexity index is 188. The minimum absolute atomic E-state index is 0.960. The van der Waals surface area contributed by atoms with Crippen molar-refractivity contribution in [1.29, 1.82) is 0 Å². The first kappa shape index (κ1) is 18.0. The summed E-state index contributed by atoms with van der Waals surface area (Å²) in [7, 11) is 0. The molecule has 0 spiro atoms. The minimum atomic E-state index is 0.960. The van der Waals surface area contributed by atoms with Crippen molar-refractivity contribution < 1.29 is 0 Å². The molecule has 1 saturated heterocycles. The molecular weight excluding hydrogens is 244 g/mol. The lowest BCUT2D eigenvalue weighted by Crippen LogP contribution is -2.45. The Kier molecular flexibility index (Phi) is 11.4. The van der Waals surface area contributed by atoms with Gasteiger partial charge in [-0.05, 0) is 18.8 Å². The Hall–Kier alpha value is -0.0800. The second kappa shape index (κ2) is 12.6. The third kappa shape index (κ3) is 8.97. The van der Waals surface area contributed by atoms with Gasteiger partial charge in [-0.1, -0.05) is 65.2 Å². The molecule has 0 aromatic carbocycles. The molecule has 1 heterocycles. The molecule has 1 rings (SSSR count). The average Bonchev–Trinajstić information content (AvgIpc) is 2.49. The van der Waals surface area contributed by atoms with Gasteiger partial charge in [0.2, 0.25) is 0 Å². The van der Waals surface area contributed by atoms with Crippen LogP contribution in [-0.4, -0.2) is 37.6 Å². The van der Waals surface area contributed by atoms with Gasteiger partial charge < -0.3 is 10.2 Å². The van der Waals surface area contributed by atoms with Gasteiger partial charge in [0.05, 0.1) is 0 Å². The molecule has 120 valence electrons. The predicted octanol–water partition coefficient (Wildman–Crippen LogP) is 4.45. The molecule has 0 radical (unpaired) electrons. The van der Waals surface area contributed by atoms with Crippen molar-refractivity contribution in [2.75, 3.05) is 32.7 Å². The van der Waals surface area contributed by atoms with Crippen LogP contribution in [0.1, 0.15) is 78.1 Å². The second-order valence-corrected chi connectivity index (χ2v) is 6.62. The van der Waals surface area contributed by atoms with Crippen LogP contribution in [0.2, 0.25) is 0 Å². The van der Waals surface area contributed by atoms with Gasteiger partial charge in [0, 0.05) is 32.7 Å². The van der Waals surface area contributed by atoms with Crippen LogP contribution in [0, 0.1) is 5.92 Å². The molecule has 1 aliphatic rings. The lowest BCUT2D eigenvalue weighted by atomic mass is 9.93. The SMILES string of the molecule is CCCCCCC(CCCCCC)CN1CCNCC1. The van der Waals surface area contributed by atoms with Crippen LogP contribution >= 0.6 is 0 Å². The first-order chi connectivity index (χ1) is 9.86. The number of rotatable bonds is 12. The maximum atomic E-state index is 3.47. The topological polar surface area (TPSA) is 15.3 Å². The molecule has 0 aromatic rings. The Morgan fingerprint density at radius 1 is 0.800 bits per heavy atom. The number of hydrogen-bond acceptors (Lipinski definition) is 2. The van der Waals surface area contributed by atoms with Crippen LogP contribution in [0.5, 0.6) is 0 Å². The third-order valence-corrected chi connectivity index (χ3v) is 4.66. The first-order valence-corrected chi connectivity index (χ1v) is 9.29. The fourth-order valence-corrected chi connectivity index (χ4v) is 3.31. The second-order valence-electron chi connectivity index (χ2n) is 6.62. The predicted molar refractivity (Wildman–Crippen MR) is 90.3 cm³/mol. The van der Waals surface area contributed by atoms with E-state index in [2.05, 4.69) is 24.1 Å². The number of nitrogens with one attached hydrogen (secondary N) is 1. The first-order valence-electron chi connectivity index (χ1n) is 9.29. The molecule has 2 nitrogen and oxygen atoms in total. The number of unbranched alkanes of at least 4 members (excludes halogenated alkanes) is 6. The average molecular weight is 283 g/mol. The van der Waals surface area contributed by atoms with E-state index in [1.165, 1.54) is 96.9 Å². The lowest BCUT2D eigenvalue weighted by molar-refractivity contribution is 0.191. The fourth-order valence-electron chi connectivity index (χ4n) is 3.31. The van der Waals surface area contributed by atoms with E-state index in [9.17, 15) is 0 Å². The highest BCUT2D eigenvalue weighted by molar-refractivity contribution is 4.72. The van der Waals surface area contributed by atoms with Crippen LogP contribution < -0.4 is 5.32 Å². The van der Waals surface area contributed by atoms with Crippen LogP contribution in [0.3, 0.4) is 0 Å². The van der Waals surface area contributed by atoms with Gasteiger partial charge in [0.25, 0.3) is 0 Å². The molecule has 0 aliphatic carbocycles. The maximum Gasteiger partial charge on any atom is 0.0107 e. The Morgan fingerprint density at radius 3 is 1.85 bits per heavy atom. The van der Waals surface area contributed by atoms with Gasteiger partial charge in [-0.3, -0.25) is 0 Å². The summed E-state index contributed by atoms with van der Waals surface area (Å²) in [5, 5.41) is 3.47. The van der Waals surface area contributed by atoms with Gasteiger partial charge in [-0.15, -0.1) is 0 Å². The van der Waals surface area contributed by atoms with Gasteiger partial charge >= 0.3 is 0 Å². The van der Waals surface area contributed by atoms with Crippen LogP contribution in [-0.2, 0) is 0 Å². The van der Waals surface area contributed by atoms with Crippen LogP contribution in [0.15, 0.2) is 0 Å². The lowest BCUT2D eigenvalue weighted by Gasteiger charge is -2.31. The molecule has 0 unspecified atom stereocenters. The van der Waals surface area contributed by atoms with E-state index in [0.29, 0.717) is 0 Å². The zero-order valence-corrected chi connectivity index (χ0v) is 14.1. The molecule has 0 aromatic heterocycles. The van der Waals surface area contributed by atoms with E-state index in [1.54, 1.807) is 0 Å². The van der Waals surface area contributed by atoms with Crippen molar-refractivity contribution in [1.82, 2.24) is 10.2 Å². The summed E-state index contributed by atoms with van der Waals surface area (Å²) in [6, 6.07) is 0. The van der Waals surface area contributed by atoms with Gasteiger partial charge in [0.1, 0.15) is 0 Å². The van der Waals surface area contributed by atoms with Crippen molar-refractivity contribution in [3.63, 3.8) is 0 Å². The fraction of sp³-hybridized carbons (Fsp3) is 1.00. The van der Waals surface area contributed by atoms with E-state index in [0.717, 1.165) is 5.92 Å². The molecule has 0 atom stereocenters. The largest absolute Gasteiger partial charge is 0.314 e. The number of nitrogens with zero attached hydrogens (tertiary/aromatic N) is 1. The highest BCUT2D eigenvalue weighted by Crippen LogP contribution is 2.20. The Morgan fingerprint density at radius 2 is 1.35 bits per heavy atom. The summed E-state index contributed by atoms with van der Waals surface area (Å²) in [6.45, 7) is 10.9. The van der Waals surface area contributed by atoms with E-state index in [4.69, 9.17) is 0 Å². The van der Waals surface area contributed by atoms with E-state index < -0.39 is 0 Å². The molecule has 20 heavy (non-hydrogen) atoms. The zero-order valence-electron chi connectivity index (χ0n) is 14.1. The van der Waals surface area contributed by atoms with E-state index in [1.807, 2.05) is 0 Å².